The van der Waals surface area contributed by atoms with Gasteiger partial charge < -0.3 is 5.32 Å². The number of hydrogen-bond acceptors (Lipinski definition) is 3. The van der Waals surface area contributed by atoms with Gasteiger partial charge in [-0.05, 0) is 37.3 Å². The zero-order valence-electron chi connectivity index (χ0n) is 11.4. The molecule has 0 saturated heterocycles. The minimum Gasteiger partial charge on any atom is -0.381 e. The lowest BCUT2D eigenvalue weighted by molar-refractivity contribution is 0.235. The number of sulfone groups is 1. The number of alkyl halides is 2. The Kier molecular flexibility index (Phi) is 4.62. The lowest BCUT2D eigenvalue weighted by Gasteiger charge is -2.17. The Labute approximate surface area is 118 Å². The van der Waals surface area contributed by atoms with Crippen molar-refractivity contribution in [3.05, 3.63) is 24.3 Å². The fourth-order valence-electron chi connectivity index (χ4n) is 2.73. The Morgan fingerprint density at radius 2 is 2.00 bits per heavy atom. The standard InChI is InChI=1S/C14H19F2NO2S/c1-2-10-7-8-11(9-10)17-12-5-3-4-6-13(12)20(18,19)14(15)16/h3-6,10-11,14,17H,2,7-9H2,1H3. The smallest absolute Gasteiger partial charge is 0.341 e. The van der Waals surface area contributed by atoms with E-state index >= 15 is 0 Å². The van der Waals surface area contributed by atoms with E-state index in [0.29, 0.717) is 5.92 Å². The molecule has 1 aliphatic rings. The second-order valence-corrected chi connectivity index (χ2v) is 7.12. The monoisotopic (exact) mass is 303 g/mol. The van der Waals surface area contributed by atoms with Gasteiger partial charge in [0.05, 0.1) is 10.6 Å². The summed E-state index contributed by atoms with van der Waals surface area (Å²) >= 11 is 0. The first-order valence-corrected chi connectivity index (χ1v) is 8.37. The summed E-state index contributed by atoms with van der Waals surface area (Å²) in [4.78, 5) is -0.310. The zero-order chi connectivity index (χ0) is 14.8. The molecule has 0 bridgehead atoms. The van der Waals surface area contributed by atoms with Gasteiger partial charge in [-0.2, -0.15) is 8.78 Å². The van der Waals surface area contributed by atoms with Crippen molar-refractivity contribution in [2.75, 3.05) is 5.32 Å². The number of halogens is 2. The summed E-state index contributed by atoms with van der Waals surface area (Å²) in [6.45, 7) is 2.13. The van der Waals surface area contributed by atoms with Gasteiger partial charge in [-0.25, -0.2) is 8.42 Å². The van der Waals surface area contributed by atoms with E-state index in [4.69, 9.17) is 0 Å². The molecule has 2 unspecified atom stereocenters. The van der Waals surface area contributed by atoms with Gasteiger partial charge in [0.1, 0.15) is 0 Å². The van der Waals surface area contributed by atoms with Gasteiger partial charge in [0.25, 0.3) is 0 Å². The van der Waals surface area contributed by atoms with Gasteiger partial charge in [-0.3, -0.25) is 0 Å². The van der Waals surface area contributed by atoms with Crippen LogP contribution in [0.15, 0.2) is 29.2 Å². The van der Waals surface area contributed by atoms with Gasteiger partial charge in [-0.15, -0.1) is 0 Å². The highest BCUT2D eigenvalue weighted by Crippen LogP contribution is 2.33. The van der Waals surface area contributed by atoms with Crippen LogP contribution in [0.3, 0.4) is 0 Å². The maximum Gasteiger partial charge on any atom is 0.341 e. The molecule has 6 heteroatoms. The number of rotatable bonds is 5. The highest BCUT2D eigenvalue weighted by molar-refractivity contribution is 7.91. The van der Waals surface area contributed by atoms with Crippen LogP contribution in [-0.4, -0.2) is 20.2 Å². The van der Waals surface area contributed by atoms with Gasteiger partial charge in [0.15, 0.2) is 0 Å². The van der Waals surface area contributed by atoms with Crippen molar-refractivity contribution in [2.45, 2.75) is 49.3 Å². The van der Waals surface area contributed by atoms with E-state index in [-0.39, 0.29) is 16.6 Å². The summed E-state index contributed by atoms with van der Waals surface area (Å²) in [7, 11) is -4.56. The first-order chi connectivity index (χ1) is 9.45. The highest BCUT2D eigenvalue weighted by atomic mass is 32.2. The molecule has 3 nitrogen and oxygen atoms in total. The molecule has 1 fully saturated rings. The quantitative estimate of drug-likeness (QED) is 0.902. The van der Waals surface area contributed by atoms with Crippen LogP contribution < -0.4 is 5.32 Å². The number of para-hydroxylation sites is 1. The third kappa shape index (κ3) is 3.11. The Hall–Kier alpha value is -1.17. The maximum atomic E-state index is 12.7. The molecule has 0 radical (unpaired) electrons. The van der Waals surface area contributed by atoms with Crippen LogP contribution in [0.25, 0.3) is 0 Å². The Morgan fingerprint density at radius 3 is 2.60 bits per heavy atom. The average molecular weight is 303 g/mol. The van der Waals surface area contributed by atoms with Crippen molar-refractivity contribution >= 4 is 15.5 Å². The van der Waals surface area contributed by atoms with Crippen molar-refractivity contribution < 1.29 is 17.2 Å². The minimum atomic E-state index is -4.56. The van der Waals surface area contributed by atoms with Crippen LogP contribution >= 0.6 is 0 Å². The molecule has 0 aliphatic heterocycles. The summed E-state index contributed by atoms with van der Waals surface area (Å²) in [6.07, 6.45) is 4.09. The van der Waals surface area contributed by atoms with Gasteiger partial charge in [0.2, 0.25) is 9.84 Å². The SMILES string of the molecule is CCC1CCC(Nc2ccccc2S(=O)(=O)C(F)F)C1. The molecule has 2 atom stereocenters. The van der Waals surface area contributed by atoms with E-state index in [1.807, 2.05) is 0 Å². The van der Waals surface area contributed by atoms with E-state index in [0.717, 1.165) is 25.7 Å². The van der Waals surface area contributed by atoms with Crippen molar-refractivity contribution in [2.24, 2.45) is 5.92 Å². The van der Waals surface area contributed by atoms with Crippen molar-refractivity contribution in [3.63, 3.8) is 0 Å². The Balaban J connectivity index is 2.21. The van der Waals surface area contributed by atoms with Crippen LogP contribution in [0, 0.1) is 5.92 Å². The summed E-state index contributed by atoms with van der Waals surface area (Å²) < 4.78 is 48.7. The van der Waals surface area contributed by atoms with Crippen LogP contribution in [-0.2, 0) is 9.84 Å². The van der Waals surface area contributed by atoms with Gasteiger partial charge in [0, 0.05) is 6.04 Å². The van der Waals surface area contributed by atoms with Gasteiger partial charge in [-0.1, -0.05) is 25.5 Å². The summed E-state index contributed by atoms with van der Waals surface area (Å²) in [6, 6.07) is 6.06. The number of anilines is 1. The largest absolute Gasteiger partial charge is 0.381 e. The van der Waals surface area contributed by atoms with Crippen molar-refractivity contribution in [1.29, 1.82) is 0 Å². The van der Waals surface area contributed by atoms with E-state index in [9.17, 15) is 17.2 Å². The average Bonchev–Trinajstić information content (AvgIpc) is 2.86. The molecule has 0 amide bonds. The molecule has 2 rings (SSSR count). The number of hydrogen-bond donors (Lipinski definition) is 1. The predicted molar refractivity (Wildman–Crippen MR) is 74.7 cm³/mol. The third-order valence-corrected chi connectivity index (χ3v) is 5.34. The van der Waals surface area contributed by atoms with Crippen LogP contribution in [0.2, 0.25) is 0 Å². The molecule has 0 spiro atoms. The molecule has 1 saturated carbocycles. The first-order valence-electron chi connectivity index (χ1n) is 6.82. The fraction of sp³-hybridized carbons (Fsp3) is 0.571. The van der Waals surface area contributed by atoms with Gasteiger partial charge >= 0.3 is 5.76 Å². The molecule has 1 N–H and O–H groups in total. The Morgan fingerprint density at radius 1 is 1.30 bits per heavy atom. The second-order valence-electron chi connectivity index (χ2n) is 5.23. The summed E-state index contributed by atoms with van der Waals surface area (Å²) in [5, 5.41) is 3.12. The normalized spacial score (nSPS) is 23.2. The van der Waals surface area contributed by atoms with Crippen LogP contribution in [0.4, 0.5) is 14.5 Å². The number of benzene rings is 1. The highest BCUT2D eigenvalue weighted by Gasteiger charge is 2.30. The van der Waals surface area contributed by atoms with E-state index < -0.39 is 15.6 Å². The summed E-state index contributed by atoms with van der Waals surface area (Å²) in [5.41, 5.74) is 0.287. The van der Waals surface area contributed by atoms with E-state index in [1.165, 1.54) is 12.1 Å². The Bertz CT molecular complexity index is 560. The molecule has 0 aromatic heterocycles. The lowest BCUT2D eigenvalue weighted by Crippen LogP contribution is -2.19. The van der Waals surface area contributed by atoms with E-state index in [2.05, 4.69) is 12.2 Å². The third-order valence-electron chi connectivity index (χ3n) is 3.91. The van der Waals surface area contributed by atoms with Crippen molar-refractivity contribution in [3.8, 4) is 0 Å². The molecular formula is C14H19F2NO2S. The summed E-state index contributed by atoms with van der Waals surface area (Å²) in [5.74, 6) is -2.76. The van der Waals surface area contributed by atoms with Crippen molar-refractivity contribution in [1.82, 2.24) is 0 Å². The maximum absolute atomic E-state index is 12.7. The second kappa shape index (κ2) is 6.08. The minimum absolute atomic E-state index is 0.161. The van der Waals surface area contributed by atoms with Crippen LogP contribution in [0.1, 0.15) is 32.6 Å². The topological polar surface area (TPSA) is 46.2 Å². The fourth-order valence-corrected chi connectivity index (χ4v) is 3.62. The number of nitrogens with one attached hydrogen (secondary N) is 1. The molecule has 112 valence electrons. The molecule has 1 aromatic carbocycles. The predicted octanol–water partition coefficient (Wildman–Crippen LogP) is 3.67. The molecule has 1 aromatic rings. The lowest BCUT2D eigenvalue weighted by atomic mass is 10.1. The van der Waals surface area contributed by atoms with E-state index in [1.54, 1.807) is 12.1 Å². The zero-order valence-corrected chi connectivity index (χ0v) is 12.2. The van der Waals surface area contributed by atoms with Crippen LogP contribution in [0.5, 0.6) is 0 Å². The molecule has 20 heavy (non-hydrogen) atoms. The first kappa shape index (κ1) is 15.2. The molecule has 1 aliphatic carbocycles. The molecule has 0 heterocycles. The molecular weight excluding hydrogens is 284 g/mol.